The number of methoxy groups -OCH3 is 1. The molecule has 1 aromatic rings. The highest BCUT2D eigenvalue weighted by Crippen LogP contribution is 2.22. The molecule has 0 saturated carbocycles. The number of benzene rings is 1. The molecule has 4 nitrogen and oxygen atoms in total. The molecular weight excluding hydrogens is 294 g/mol. The predicted molar refractivity (Wildman–Crippen MR) is 95.5 cm³/mol. The van der Waals surface area contributed by atoms with E-state index in [1.165, 1.54) is 0 Å². The second-order valence-corrected chi connectivity index (χ2v) is 7.97. The third-order valence-electron chi connectivity index (χ3n) is 3.99. The molecule has 0 spiro atoms. The van der Waals surface area contributed by atoms with Gasteiger partial charge in [0, 0.05) is 30.6 Å². The van der Waals surface area contributed by atoms with Gasteiger partial charge in [-0.3, -0.25) is 0 Å². The third-order valence-corrected chi connectivity index (χ3v) is 4.21. The number of quaternary nitrogens is 1. The maximum atomic E-state index is 5.47. The van der Waals surface area contributed by atoms with Crippen molar-refractivity contribution in [3.63, 3.8) is 0 Å². The first-order valence-electron chi connectivity index (χ1n) is 7.78. The van der Waals surface area contributed by atoms with Crippen LogP contribution in [0.1, 0.15) is 40.5 Å². The zero-order valence-electron chi connectivity index (χ0n) is 14.2. The van der Waals surface area contributed by atoms with Crippen molar-refractivity contribution in [3.8, 4) is 5.75 Å². The lowest BCUT2D eigenvalue weighted by Crippen LogP contribution is -3.06. The topological polar surface area (TPSA) is 49.9 Å². The molecule has 1 aromatic carbocycles. The highest BCUT2D eigenvalue weighted by atomic mass is 32.1. The van der Waals surface area contributed by atoms with E-state index in [0.29, 0.717) is 11.2 Å². The lowest BCUT2D eigenvalue weighted by Gasteiger charge is -2.43. The lowest BCUT2D eigenvalue weighted by molar-refractivity contribution is -0.787. The van der Waals surface area contributed by atoms with Gasteiger partial charge in [0.2, 0.25) is 0 Å². The quantitative estimate of drug-likeness (QED) is 0.747. The number of piperidine rings is 1. The van der Waals surface area contributed by atoms with Crippen molar-refractivity contribution in [2.45, 2.75) is 57.7 Å². The van der Waals surface area contributed by atoms with Crippen LogP contribution >= 0.6 is 12.2 Å². The molecule has 1 aliphatic heterocycles. The van der Waals surface area contributed by atoms with E-state index in [-0.39, 0.29) is 11.1 Å². The molecule has 0 amide bonds. The van der Waals surface area contributed by atoms with E-state index in [1.54, 1.807) is 7.11 Å². The van der Waals surface area contributed by atoms with Crippen LogP contribution in [0.15, 0.2) is 24.3 Å². The van der Waals surface area contributed by atoms with Crippen molar-refractivity contribution >= 4 is 23.0 Å². The van der Waals surface area contributed by atoms with Crippen LogP contribution in [0.2, 0.25) is 0 Å². The fourth-order valence-corrected chi connectivity index (χ4v) is 3.96. The predicted octanol–water partition coefficient (Wildman–Crippen LogP) is 2.26. The molecule has 1 saturated heterocycles. The van der Waals surface area contributed by atoms with Crippen LogP contribution in [0, 0.1) is 0 Å². The van der Waals surface area contributed by atoms with Gasteiger partial charge in [0.05, 0.1) is 18.2 Å². The molecule has 2 rings (SSSR count). The highest BCUT2D eigenvalue weighted by molar-refractivity contribution is 7.80. The van der Waals surface area contributed by atoms with E-state index in [0.717, 1.165) is 24.3 Å². The largest absolute Gasteiger partial charge is 0.497 e. The molecule has 0 aromatic heterocycles. The zero-order valence-corrected chi connectivity index (χ0v) is 15.0. The van der Waals surface area contributed by atoms with E-state index >= 15 is 0 Å². The van der Waals surface area contributed by atoms with Crippen LogP contribution in [0.4, 0.5) is 5.69 Å². The minimum Gasteiger partial charge on any atom is -0.497 e. The summed E-state index contributed by atoms with van der Waals surface area (Å²) in [5.74, 6) is 0.822. The number of thiocarbonyl (C=S) groups is 1. The van der Waals surface area contributed by atoms with Gasteiger partial charge in [0.25, 0.3) is 0 Å². The monoisotopic (exact) mass is 322 g/mol. The van der Waals surface area contributed by atoms with Crippen LogP contribution in [-0.2, 0) is 0 Å². The van der Waals surface area contributed by atoms with E-state index in [9.17, 15) is 0 Å². The molecular formula is C17H28N3OS+. The molecule has 4 N–H and O–H groups in total. The minimum absolute atomic E-state index is 0.227. The number of anilines is 1. The summed E-state index contributed by atoms with van der Waals surface area (Å²) in [5, 5.41) is 9.87. The summed E-state index contributed by atoms with van der Waals surface area (Å²) in [4.78, 5) is 0. The summed E-state index contributed by atoms with van der Waals surface area (Å²) in [6.07, 6.45) is 2.19. The Kier molecular flexibility index (Phi) is 4.97. The molecule has 22 heavy (non-hydrogen) atoms. The molecule has 1 fully saturated rings. The van der Waals surface area contributed by atoms with Crippen molar-refractivity contribution in [3.05, 3.63) is 24.3 Å². The number of nitrogens with one attached hydrogen (secondary N) is 2. The molecule has 0 bridgehead atoms. The molecule has 0 atom stereocenters. The van der Waals surface area contributed by atoms with E-state index in [1.807, 2.05) is 24.3 Å². The normalized spacial score (nSPS) is 20.2. The van der Waals surface area contributed by atoms with Gasteiger partial charge < -0.3 is 20.7 Å². The summed E-state index contributed by atoms with van der Waals surface area (Å²) in [5.41, 5.74) is 1.40. The Bertz CT molecular complexity index is 526. The smallest absolute Gasteiger partial charge is 0.171 e. The van der Waals surface area contributed by atoms with E-state index in [4.69, 9.17) is 17.0 Å². The molecule has 0 aliphatic carbocycles. The van der Waals surface area contributed by atoms with Gasteiger partial charge in [-0.05, 0) is 52.0 Å². The lowest BCUT2D eigenvalue weighted by atomic mass is 9.80. The Labute approximate surface area is 139 Å². The van der Waals surface area contributed by atoms with Gasteiger partial charge in [0.1, 0.15) is 5.75 Å². The summed E-state index contributed by atoms with van der Waals surface area (Å²) < 4.78 is 5.23. The summed E-state index contributed by atoms with van der Waals surface area (Å²) in [6.45, 7) is 9.17. The number of nitrogens with two attached hydrogens (primary N) is 1. The SMILES string of the molecule is COc1cccc(NC(=S)NC2CC(C)(C)[NH2+]C(C)(C)C2)c1. The maximum absolute atomic E-state index is 5.47. The Morgan fingerprint density at radius 2 is 1.86 bits per heavy atom. The summed E-state index contributed by atoms with van der Waals surface area (Å²) in [7, 11) is 1.67. The van der Waals surface area contributed by atoms with Crippen molar-refractivity contribution in [1.82, 2.24) is 5.32 Å². The van der Waals surface area contributed by atoms with E-state index in [2.05, 4.69) is 43.6 Å². The van der Waals surface area contributed by atoms with Gasteiger partial charge in [-0.1, -0.05) is 6.07 Å². The van der Waals surface area contributed by atoms with Crippen molar-refractivity contribution in [2.24, 2.45) is 0 Å². The molecule has 0 radical (unpaired) electrons. The fraction of sp³-hybridized carbons (Fsp3) is 0.588. The van der Waals surface area contributed by atoms with Crippen molar-refractivity contribution in [2.75, 3.05) is 12.4 Å². The van der Waals surface area contributed by atoms with Crippen LogP contribution in [0.5, 0.6) is 5.75 Å². The average Bonchev–Trinajstić information content (AvgIpc) is 2.34. The molecule has 5 heteroatoms. The molecule has 1 aliphatic rings. The molecule has 0 unspecified atom stereocenters. The van der Waals surface area contributed by atoms with Gasteiger partial charge in [-0.25, -0.2) is 0 Å². The first-order valence-corrected chi connectivity index (χ1v) is 8.19. The zero-order chi connectivity index (χ0) is 16.4. The highest BCUT2D eigenvalue weighted by Gasteiger charge is 2.41. The molecule has 1 heterocycles. The second-order valence-electron chi connectivity index (χ2n) is 7.56. The van der Waals surface area contributed by atoms with Crippen LogP contribution in [0.3, 0.4) is 0 Å². The summed E-state index contributed by atoms with van der Waals surface area (Å²) in [6, 6.07) is 8.19. The summed E-state index contributed by atoms with van der Waals surface area (Å²) >= 11 is 5.47. The first-order chi connectivity index (χ1) is 10.2. The number of hydrogen-bond acceptors (Lipinski definition) is 2. The fourth-order valence-electron chi connectivity index (χ4n) is 3.67. The van der Waals surface area contributed by atoms with Crippen LogP contribution in [-0.4, -0.2) is 29.3 Å². The van der Waals surface area contributed by atoms with Gasteiger partial charge in [-0.15, -0.1) is 0 Å². The second kappa shape index (κ2) is 6.42. The van der Waals surface area contributed by atoms with Gasteiger partial charge in [0.15, 0.2) is 5.11 Å². The minimum atomic E-state index is 0.227. The first kappa shape index (κ1) is 17.0. The number of rotatable bonds is 3. The van der Waals surface area contributed by atoms with E-state index < -0.39 is 0 Å². The third kappa shape index (κ3) is 4.85. The van der Waals surface area contributed by atoms with Crippen molar-refractivity contribution in [1.29, 1.82) is 0 Å². The standard InChI is InChI=1S/C17H27N3OS/c1-16(2)10-13(11-17(3,4)20-16)19-15(22)18-12-7-6-8-14(9-12)21-5/h6-9,13,20H,10-11H2,1-5H3,(H2,18,19,22)/p+1. The van der Waals surface area contributed by atoms with Gasteiger partial charge in [-0.2, -0.15) is 0 Å². The van der Waals surface area contributed by atoms with Gasteiger partial charge >= 0.3 is 0 Å². The molecule has 122 valence electrons. The average molecular weight is 322 g/mol. The Balaban J connectivity index is 1.96. The van der Waals surface area contributed by atoms with Crippen LogP contribution < -0.4 is 20.7 Å². The Hall–Kier alpha value is -1.33. The Morgan fingerprint density at radius 3 is 2.45 bits per heavy atom. The number of ether oxygens (including phenoxy) is 1. The van der Waals surface area contributed by atoms with Crippen LogP contribution in [0.25, 0.3) is 0 Å². The van der Waals surface area contributed by atoms with Crippen molar-refractivity contribution < 1.29 is 10.1 Å². The maximum Gasteiger partial charge on any atom is 0.171 e. The Morgan fingerprint density at radius 1 is 1.23 bits per heavy atom. The number of hydrogen-bond donors (Lipinski definition) is 3.